The van der Waals surface area contributed by atoms with Crippen LogP contribution in [-0.2, 0) is 14.8 Å². The predicted octanol–water partition coefficient (Wildman–Crippen LogP) is 4.39. The van der Waals surface area contributed by atoms with Crippen molar-refractivity contribution >= 4 is 22.0 Å². The van der Waals surface area contributed by atoms with E-state index in [-0.39, 0.29) is 46.5 Å². The van der Waals surface area contributed by atoms with Crippen molar-refractivity contribution < 1.29 is 36.9 Å². The lowest BCUT2D eigenvalue weighted by molar-refractivity contribution is 0.102. The Balaban J connectivity index is 1.83. The molecule has 1 aromatic carbocycles. The van der Waals surface area contributed by atoms with Gasteiger partial charge in [-0.05, 0) is 43.7 Å². The average molecular weight is 568 g/mol. The molecule has 0 atom stereocenters. The third-order valence-electron chi connectivity index (χ3n) is 5.14. The number of hydrogen-bond acceptors (Lipinski definition) is 12. The highest BCUT2D eigenvalue weighted by molar-refractivity contribution is 7.92. The summed E-state index contributed by atoms with van der Waals surface area (Å²) in [6, 6.07) is 12.6. The van der Waals surface area contributed by atoms with Crippen molar-refractivity contribution in [3.05, 3.63) is 66.5 Å². The van der Waals surface area contributed by atoms with Crippen LogP contribution in [0.15, 0.2) is 66.0 Å². The summed E-state index contributed by atoms with van der Waals surface area (Å²) in [5.41, 5.74) is 1.11. The van der Waals surface area contributed by atoms with Crippen LogP contribution in [-0.4, -0.2) is 55.3 Å². The lowest BCUT2D eigenvalue weighted by Crippen LogP contribution is -2.17. The van der Waals surface area contributed by atoms with Gasteiger partial charge >= 0.3 is 6.16 Å². The number of anilines is 1. The number of methoxy groups -OCH3 is 2. The summed E-state index contributed by atoms with van der Waals surface area (Å²) >= 11 is 0. The second-order valence-corrected chi connectivity index (χ2v) is 9.56. The number of rotatable bonds is 10. The highest BCUT2D eigenvalue weighted by Gasteiger charge is 2.26. The Labute approximate surface area is 230 Å². The minimum Gasteiger partial charge on any atom is -0.493 e. The number of carbonyl (C=O) groups is 1. The molecule has 4 aromatic rings. The fourth-order valence-corrected chi connectivity index (χ4v) is 4.24. The molecule has 0 bridgehead atoms. The molecule has 0 fully saturated rings. The van der Waals surface area contributed by atoms with Crippen LogP contribution in [0.3, 0.4) is 0 Å². The molecule has 1 N–H and O–H groups in total. The Morgan fingerprint density at radius 1 is 0.975 bits per heavy atom. The van der Waals surface area contributed by atoms with Crippen LogP contribution in [0.1, 0.15) is 12.5 Å². The largest absolute Gasteiger partial charge is 0.515 e. The zero-order chi connectivity index (χ0) is 28.7. The van der Waals surface area contributed by atoms with Gasteiger partial charge in [-0.2, -0.15) is 13.4 Å². The number of ether oxygens (including phenoxy) is 5. The third kappa shape index (κ3) is 6.53. The van der Waals surface area contributed by atoms with Gasteiger partial charge in [-0.3, -0.25) is 4.72 Å². The summed E-state index contributed by atoms with van der Waals surface area (Å²) in [6.07, 6.45) is 1.85. The topological polar surface area (TPSA) is 161 Å². The first-order valence-corrected chi connectivity index (χ1v) is 13.3. The van der Waals surface area contributed by atoms with E-state index in [9.17, 15) is 13.2 Å². The summed E-state index contributed by atoms with van der Waals surface area (Å²) in [4.78, 5) is 28.6. The van der Waals surface area contributed by atoms with Crippen molar-refractivity contribution in [1.82, 2.24) is 19.9 Å². The van der Waals surface area contributed by atoms with Crippen molar-refractivity contribution in [2.24, 2.45) is 0 Å². The number of nitrogens with zero attached hydrogens (tertiary/aromatic N) is 4. The molecule has 0 saturated carbocycles. The summed E-state index contributed by atoms with van der Waals surface area (Å²) in [7, 11) is -1.43. The van der Waals surface area contributed by atoms with Gasteiger partial charge < -0.3 is 23.7 Å². The van der Waals surface area contributed by atoms with Gasteiger partial charge in [-0.15, -0.1) is 0 Å². The van der Waals surface area contributed by atoms with Crippen LogP contribution < -0.4 is 23.7 Å². The molecular formula is C26H25N5O8S. The van der Waals surface area contributed by atoms with E-state index in [0.29, 0.717) is 11.3 Å². The smallest absolute Gasteiger partial charge is 0.493 e. The first-order chi connectivity index (χ1) is 19.2. The molecule has 0 unspecified atom stereocenters. The summed E-state index contributed by atoms with van der Waals surface area (Å²) in [6.45, 7) is 3.53. The Hall–Kier alpha value is -4.98. The number of hydrogen-bond donors (Lipinski definition) is 1. The molecule has 13 nitrogen and oxygen atoms in total. The molecular weight excluding hydrogens is 542 g/mol. The number of pyridine rings is 2. The Morgan fingerprint density at radius 2 is 1.75 bits per heavy atom. The number of para-hydroxylation sites is 2. The SMILES string of the molecule is CCOC(=O)Oc1cc(-c2nc(NS(=O)(=O)c3ccc(C)cn3)c(Oc3ccccc3OC)c(OC)n2)ccn1. The maximum absolute atomic E-state index is 13.3. The fraction of sp³-hybridized carbons (Fsp3) is 0.192. The zero-order valence-electron chi connectivity index (χ0n) is 21.9. The van der Waals surface area contributed by atoms with Crippen LogP contribution in [0.4, 0.5) is 10.6 Å². The molecule has 3 aromatic heterocycles. The monoisotopic (exact) mass is 567 g/mol. The van der Waals surface area contributed by atoms with E-state index in [2.05, 4.69) is 24.7 Å². The predicted molar refractivity (Wildman–Crippen MR) is 142 cm³/mol. The van der Waals surface area contributed by atoms with Gasteiger partial charge in [-0.25, -0.2) is 19.7 Å². The van der Waals surface area contributed by atoms with E-state index >= 15 is 0 Å². The maximum atomic E-state index is 13.3. The molecule has 0 aliphatic rings. The molecule has 3 heterocycles. The van der Waals surface area contributed by atoms with Crippen LogP contribution in [0.5, 0.6) is 29.0 Å². The molecule has 14 heteroatoms. The van der Waals surface area contributed by atoms with Crippen molar-refractivity contribution in [3.63, 3.8) is 0 Å². The van der Waals surface area contributed by atoms with Gasteiger partial charge in [0.1, 0.15) is 0 Å². The van der Waals surface area contributed by atoms with E-state index in [0.717, 1.165) is 5.56 Å². The Morgan fingerprint density at radius 3 is 2.42 bits per heavy atom. The molecule has 0 aliphatic carbocycles. The normalized spacial score (nSPS) is 10.9. The number of sulfonamides is 1. The highest BCUT2D eigenvalue weighted by Crippen LogP contribution is 2.41. The van der Waals surface area contributed by atoms with Crippen molar-refractivity contribution in [2.45, 2.75) is 18.9 Å². The number of benzene rings is 1. The van der Waals surface area contributed by atoms with Crippen molar-refractivity contribution in [1.29, 1.82) is 0 Å². The molecule has 0 radical (unpaired) electrons. The van der Waals surface area contributed by atoms with Crippen molar-refractivity contribution in [2.75, 3.05) is 25.5 Å². The Kier molecular flexibility index (Phi) is 8.59. The van der Waals surface area contributed by atoms with E-state index in [1.807, 2.05) is 0 Å². The molecule has 4 rings (SSSR count). The minimum absolute atomic E-state index is 0.00917. The van der Waals surface area contributed by atoms with E-state index in [1.165, 1.54) is 44.8 Å². The number of nitrogens with one attached hydrogen (secondary N) is 1. The van der Waals surface area contributed by atoms with Gasteiger partial charge in [0, 0.05) is 24.0 Å². The van der Waals surface area contributed by atoms with Crippen LogP contribution >= 0.6 is 0 Å². The summed E-state index contributed by atoms with van der Waals surface area (Å²) in [5.74, 6) is 0.0623. The minimum atomic E-state index is -4.23. The molecule has 0 spiro atoms. The first kappa shape index (κ1) is 28.0. The van der Waals surface area contributed by atoms with Crippen LogP contribution in [0.2, 0.25) is 0 Å². The quantitative estimate of drug-likeness (QED) is 0.270. The average Bonchev–Trinajstić information content (AvgIpc) is 2.94. The standard InChI is InChI=1S/C26H25N5O8S/c1-5-37-26(32)39-20-14-17(12-13-27-20)23-29-24(31-40(33,34)21-11-10-16(2)15-28-21)22(25(30-23)36-4)38-19-9-7-6-8-18(19)35-3/h6-15H,5H2,1-4H3,(H,29,30,31). The first-order valence-electron chi connectivity index (χ1n) is 11.8. The molecule has 40 heavy (non-hydrogen) atoms. The Bertz CT molecular complexity index is 1610. The molecule has 208 valence electrons. The van der Waals surface area contributed by atoms with Crippen LogP contribution in [0.25, 0.3) is 11.4 Å². The van der Waals surface area contributed by atoms with E-state index in [1.54, 1.807) is 44.2 Å². The zero-order valence-corrected chi connectivity index (χ0v) is 22.8. The highest BCUT2D eigenvalue weighted by atomic mass is 32.2. The van der Waals surface area contributed by atoms with Gasteiger partial charge in [0.15, 0.2) is 28.2 Å². The summed E-state index contributed by atoms with van der Waals surface area (Å²) in [5, 5.41) is -0.241. The van der Waals surface area contributed by atoms with Crippen molar-refractivity contribution in [3.8, 4) is 40.4 Å². The molecule has 0 aliphatic heterocycles. The van der Waals surface area contributed by atoms with Gasteiger partial charge in [0.25, 0.3) is 15.9 Å². The van der Waals surface area contributed by atoms with Crippen LogP contribution in [0, 0.1) is 6.92 Å². The second kappa shape index (κ2) is 12.3. The summed E-state index contributed by atoms with van der Waals surface area (Å²) < 4.78 is 55.7. The lowest BCUT2D eigenvalue weighted by Gasteiger charge is -2.17. The van der Waals surface area contributed by atoms with E-state index < -0.39 is 16.2 Å². The number of aryl methyl sites for hydroxylation is 1. The maximum Gasteiger partial charge on any atom is 0.515 e. The molecule has 0 amide bonds. The second-order valence-electron chi connectivity index (χ2n) is 7.93. The van der Waals surface area contributed by atoms with E-state index in [4.69, 9.17) is 23.7 Å². The van der Waals surface area contributed by atoms with Gasteiger partial charge in [0.2, 0.25) is 11.6 Å². The fourth-order valence-electron chi connectivity index (χ4n) is 3.30. The van der Waals surface area contributed by atoms with Gasteiger partial charge in [0.05, 0.1) is 20.8 Å². The molecule has 0 saturated heterocycles. The lowest BCUT2D eigenvalue weighted by atomic mass is 10.2. The number of aromatic nitrogens is 4. The van der Waals surface area contributed by atoms with Gasteiger partial charge in [-0.1, -0.05) is 18.2 Å². The number of carbonyl (C=O) groups excluding carboxylic acids is 1. The third-order valence-corrected chi connectivity index (χ3v) is 6.40.